The van der Waals surface area contributed by atoms with Crippen molar-refractivity contribution < 1.29 is 43.0 Å². The third-order valence-corrected chi connectivity index (χ3v) is 10.2. The molecule has 1 aliphatic rings. The van der Waals surface area contributed by atoms with Gasteiger partial charge in [0.15, 0.2) is 5.78 Å². The van der Waals surface area contributed by atoms with Gasteiger partial charge in [0.2, 0.25) is 35.4 Å². The van der Waals surface area contributed by atoms with Crippen LogP contribution in [-0.4, -0.2) is 104 Å². The summed E-state index contributed by atoms with van der Waals surface area (Å²) < 4.78 is 12.1. The number of carbonyl (C=O) groups is 7. The third kappa shape index (κ3) is 14.6. The summed E-state index contributed by atoms with van der Waals surface area (Å²) in [5.41, 5.74) is 18.9. The number of likely N-dealkylation sites (N-methyl/N-ethyl adjacent to an activating group) is 1. The normalized spacial score (nSPS) is 17.5. The lowest BCUT2D eigenvalue weighted by Crippen LogP contribution is -2.57. The molecule has 0 aliphatic carbocycles. The SMILES string of the molecule is CCCCCCCCCC(=O)N[C@@H](CC(N)=O)C(=O)N(C)[C@@H]1C(=O)N[C@@H](C)C(=O)N[C@H](C(=O)N[C@@H](C)C(C)=O)Cc2ccc(OCCN)c(c2)-c2cc1ccc2OCCN. The molecule has 4 bridgehead atoms. The maximum atomic E-state index is 14.4. The number of ketones is 1. The van der Waals surface area contributed by atoms with Crippen LogP contribution >= 0.6 is 0 Å². The fourth-order valence-corrected chi connectivity index (χ4v) is 6.78. The number of carbonyl (C=O) groups excluding carboxylic acids is 7. The van der Waals surface area contributed by atoms with E-state index in [1.54, 1.807) is 36.4 Å². The number of amides is 6. The van der Waals surface area contributed by atoms with E-state index in [1.165, 1.54) is 27.8 Å². The first kappa shape index (κ1) is 48.8. The predicted octanol–water partition coefficient (Wildman–Crippen LogP) is 1.67. The number of Topliss-reactive ketones (excluding diaryl/α,β-unsaturated/α-hetero) is 1. The molecule has 0 aromatic heterocycles. The molecule has 17 nitrogen and oxygen atoms in total. The highest BCUT2D eigenvalue weighted by atomic mass is 16.5. The monoisotopic (exact) mass is 836 g/mol. The van der Waals surface area contributed by atoms with E-state index >= 15 is 0 Å². The molecule has 330 valence electrons. The Morgan fingerprint density at radius 2 is 1.45 bits per heavy atom. The van der Waals surface area contributed by atoms with Gasteiger partial charge in [-0.25, -0.2) is 0 Å². The Morgan fingerprint density at radius 1 is 0.850 bits per heavy atom. The topological polar surface area (TPSA) is 267 Å². The van der Waals surface area contributed by atoms with Gasteiger partial charge in [-0.15, -0.1) is 0 Å². The maximum absolute atomic E-state index is 14.4. The first-order chi connectivity index (χ1) is 28.6. The molecule has 0 saturated heterocycles. The molecular weight excluding hydrogens is 773 g/mol. The highest BCUT2D eigenvalue weighted by Gasteiger charge is 2.36. The van der Waals surface area contributed by atoms with Crippen LogP contribution in [0.3, 0.4) is 0 Å². The number of hydrogen-bond acceptors (Lipinski definition) is 11. The molecule has 17 heteroatoms. The first-order valence-corrected chi connectivity index (χ1v) is 20.8. The Bertz CT molecular complexity index is 1820. The third-order valence-electron chi connectivity index (χ3n) is 10.2. The second kappa shape index (κ2) is 24.5. The fourth-order valence-electron chi connectivity index (χ4n) is 6.78. The zero-order chi connectivity index (χ0) is 44.4. The number of benzene rings is 2. The zero-order valence-corrected chi connectivity index (χ0v) is 35.6. The van der Waals surface area contributed by atoms with Crippen LogP contribution in [0.4, 0.5) is 0 Å². The minimum Gasteiger partial charge on any atom is -0.492 e. The lowest BCUT2D eigenvalue weighted by atomic mass is 9.93. The number of rotatable bonds is 22. The average Bonchev–Trinajstić information content (AvgIpc) is 3.20. The van der Waals surface area contributed by atoms with Gasteiger partial charge in [-0.05, 0) is 62.6 Å². The highest BCUT2D eigenvalue weighted by Crippen LogP contribution is 2.40. The molecule has 0 radical (unpaired) electrons. The smallest absolute Gasteiger partial charge is 0.248 e. The molecule has 1 heterocycles. The Kier molecular flexibility index (Phi) is 19.9. The van der Waals surface area contributed by atoms with E-state index in [1.807, 2.05) is 0 Å². The fraction of sp³-hybridized carbons (Fsp3) is 0.558. The molecule has 0 fully saturated rings. The van der Waals surface area contributed by atoms with E-state index in [4.69, 9.17) is 26.7 Å². The van der Waals surface area contributed by atoms with E-state index < -0.39 is 72.1 Å². The summed E-state index contributed by atoms with van der Waals surface area (Å²) >= 11 is 0. The second-order valence-corrected chi connectivity index (χ2v) is 15.2. The van der Waals surface area contributed by atoms with E-state index in [2.05, 4.69) is 28.2 Å². The molecule has 0 saturated carbocycles. The van der Waals surface area contributed by atoms with Crippen molar-refractivity contribution in [2.45, 2.75) is 122 Å². The van der Waals surface area contributed by atoms with Crippen molar-refractivity contribution in [3.8, 4) is 22.6 Å². The molecule has 10 N–H and O–H groups in total. The number of unbranched alkanes of at least 4 members (excludes halogenated alkanes) is 6. The predicted molar refractivity (Wildman–Crippen MR) is 226 cm³/mol. The van der Waals surface area contributed by atoms with Gasteiger partial charge in [0.05, 0.1) is 12.5 Å². The van der Waals surface area contributed by atoms with Crippen molar-refractivity contribution in [3.05, 3.63) is 47.5 Å². The first-order valence-electron chi connectivity index (χ1n) is 20.8. The summed E-state index contributed by atoms with van der Waals surface area (Å²) in [4.78, 5) is 94.6. The molecule has 0 unspecified atom stereocenters. The van der Waals surface area contributed by atoms with E-state index in [-0.39, 0.29) is 50.5 Å². The summed E-state index contributed by atoms with van der Waals surface area (Å²) in [6, 6.07) is 3.91. The number of fused-ring (bicyclic) bond motifs is 5. The van der Waals surface area contributed by atoms with Gasteiger partial charge in [0.25, 0.3) is 0 Å². The van der Waals surface area contributed by atoms with Crippen LogP contribution in [0.1, 0.15) is 103 Å². The molecule has 5 atom stereocenters. The van der Waals surface area contributed by atoms with Crippen molar-refractivity contribution in [1.82, 2.24) is 26.2 Å². The van der Waals surface area contributed by atoms with Gasteiger partial charge in [0, 0.05) is 44.1 Å². The van der Waals surface area contributed by atoms with Gasteiger partial charge in [-0.3, -0.25) is 33.6 Å². The molecular formula is C43H64N8O9. The van der Waals surface area contributed by atoms with E-state index in [9.17, 15) is 33.6 Å². The molecule has 0 spiro atoms. The number of hydrogen-bond donors (Lipinski definition) is 7. The van der Waals surface area contributed by atoms with Crippen LogP contribution in [0.2, 0.25) is 0 Å². The number of nitrogens with one attached hydrogen (secondary N) is 4. The van der Waals surface area contributed by atoms with Crippen LogP contribution in [0.15, 0.2) is 36.4 Å². The summed E-state index contributed by atoms with van der Waals surface area (Å²) in [6.45, 7) is 7.05. The highest BCUT2D eigenvalue weighted by molar-refractivity contribution is 5.98. The molecule has 60 heavy (non-hydrogen) atoms. The van der Waals surface area contributed by atoms with Crippen LogP contribution in [-0.2, 0) is 40.0 Å². The summed E-state index contributed by atoms with van der Waals surface area (Å²) in [5, 5.41) is 10.7. The van der Waals surface area contributed by atoms with Gasteiger partial charge < -0.3 is 52.8 Å². The second-order valence-electron chi connectivity index (χ2n) is 15.2. The minimum absolute atomic E-state index is 0.0164. The summed E-state index contributed by atoms with van der Waals surface area (Å²) in [6.07, 6.45) is 6.46. The Hall–Kier alpha value is -5.55. The van der Waals surface area contributed by atoms with E-state index in [0.29, 0.717) is 34.6 Å². The van der Waals surface area contributed by atoms with Crippen molar-refractivity contribution in [3.63, 3.8) is 0 Å². The van der Waals surface area contributed by atoms with Gasteiger partial charge >= 0.3 is 0 Å². The Balaban J connectivity index is 2.16. The minimum atomic E-state index is -1.44. The van der Waals surface area contributed by atoms with E-state index in [0.717, 1.165) is 43.4 Å². The lowest BCUT2D eigenvalue weighted by molar-refractivity contribution is -0.143. The summed E-state index contributed by atoms with van der Waals surface area (Å²) in [5.74, 6) is -3.77. The molecule has 2 aromatic rings. The number of primary amides is 1. The van der Waals surface area contributed by atoms with Crippen LogP contribution < -0.4 is 47.9 Å². The summed E-state index contributed by atoms with van der Waals surface area (Å²) in [7, 11) is 1.35. The molecule has 6 amide bonds. The number of nitrogens with zero attached hydrogens (tertiary/aromatic N) is 1. The van der Waals surface area contributed by atoms with Crippen molar-refractivity contribution in [2.75, 3.05) is 33.4 Å². The quantitative estimate of drug-likeness (QED) is 0.0839. The van der Waals surface area contributed by atoms with Crippen molar-refractivity contribution in [1.29, 1.82) is 0 Å². The van der Waals surface area contributed by atoms with Gasteiger partial charge in [0.1, 0.15) is 48.9 Å². The van der Waals surface area contributed by atoms with Gasteiger partial charge in [-0.2, -0.15) is 0 Å². The number of nitrogens with two attached hydrogens (primary N) is 3. The largest absolute Gasteiger partial charge is 0.492 e. The van der Waals surface area contributed by atoms with Crippen LogP contribution in [0.25, 0.3) is 11.1 Å². The Morgan fingerprint density at radius 3 is 2.05 bits per heavy atom. The lowest BCUT2D eigenvalue weighted by Gasteiger charge is -2.32. The van der Waals surface area contributed by atoms with Crippen molar-refractivity contribution >= 4 is 41.2 Å². The van der Waals surface area contributed by atoms with Gasteiger partial charge in [-0.1, -0.05) is 57.6 Å². The average molecular weight is 837 g/mol. The molecule has 1 aliphatic heterocycles. The van der Waals surface area contributed by atoms with Crippen LogP contribution in [0.5, 0.6) is 11.5 Å². The standard InChI is InChI=1S/C43H64N8O9/c1-6-7-8-9-10-11-12-13-38(54)49-34(25-37(46)53)43(58)51(5)39-30-15-17-36(60-21-19-45)32(24-30)31-22-29(14-16-35(31)59-20-18-44)23-33(41(56)47-26(2)28(4)52)50-40(55)27(3)48-42(39)57/h14-17,22,24,26-27,33-34,39H,6-13,18-21,23,25,44-45H2,1-5H3,(H2,46,53)(H,47,56)(H,48,57)(H,49,54)(H,50,55)/t26-,27-,33-,34-,39-/m0/s1. The number of ether oxygens (including phenoxy) is 2. The zero-order valence-electron chi connectivity index (χ0n) is 35.6. The van der Waals surface area contributed by atoms with Crippen LogP contribution in [0, 0.1) is 0 Å². The van der Waals surface area contributed by atoms with Crippen molar-refractivity contribution in [2.24, 2.45) is 17.2 Å². The molecule has 2 aromatic carbocycles. The Labute approximate surface area is 352 Å². The molecule has 3 rings (SSSR count). The maximum Gasteiger partial charge on any atom is 0.248 e.